The van der Waals surface area contributed by atoms with Crippen molar-refractivity contribution in [3.05, 3.63) is 0 Å². The number of thioether (sulfide) groups is 7. The molecule has 7 heteroatoms. The molecule has 0 aromatic carbocycles. The van der Waals surface area contributed by atoms with E-state index in [9.17, 15) is 0 Å². The molecule has 7 fully saturated rings. The predicted molar refractivity (Wildman–Crippen MR) is 154 cm³/mol. The largest absolute Gasteiger partial charge is 0.162 e. The third-order valence-electron chi connectivity index (χ3n) is 4.04. The molecule has 0 saturated carbocycles. The van der Waals surface area contributed by atoms with Crippen LogP contribution in [0.2, 0.25) is 0 Å². The Morgan fingerprint density at radius 3 is 0.214 bits per heavy atom. The average Bonchev–Trinajstić information content (AvgIpc) is 2.06. The van der Waals surface area contributed by atoms with Crippen molar-refractivity contribution in [3.8, 4) is 0 Å². The Bertz CT molecular complexity index is 157. The summed E-state index contributed by atoms with van der Waals surface area (Å²) < 4.78 is 0. The standard InChI is InChI=1S/7C3H6S/c7*1-2-4-3-1/h7*1-3H2. The normalized spacial score (nSPS) is 24.0. The van der Waals surface area contributed by atoms with Gasteiger partial charge in [0.05, 0.1) is 0 Å². The molecule has 0 radical (unpaired) electrons. The monoisotopic (exact) mass is 518 g/mol. The van der Waals surface area contributed by atoms with Crippen molar-refractivity contribution in [3.63, 3.8) is 0 Å². The van der Waals surface area contributed by atoms with E-state index in [0.717, 1.165) is 0 Å². The second-order valence-corrected chi connectivity index (χ2v) is 15.3. The van der Waals surface area contributed by atoms with Gasteiger partial charge in [0.15, 0.2) is 0 Å². The Hall–Kier alpha value is 2.45. The molecule has 0 nitrogen and oxygen atoms in total. The zero-order chi connectivity index (χ0) is 19.8. The summed E-state index contributed by atoms with van der Waals surface area (Å²) in [6.07, 6.45) is 10.2. The van der Waals surface area contributed by atoms with Crippen LogP contribution in [0.4, 0.5) is 0 Å². The van der Waals surface area contributed by atoms with Crippen LogP contribution in [0.15, 0.2) is 0 Å². The van der Waals surface area contributed by atoms with Crippen LogP contribution in [0.25, 0.3) is 0 Å². The van der Waals surface area contributed by atoms with Gasteiger partial charge in [0, 0.05) is 0 Å². The molecule has 0 amide bonds. The molecule has 168 valence electrons. The summed E-state index contributed by atoms with van der Waals surface area (Å²) in [4.78, 5) is 0. The van der Waals surface area contributed by atoms with E-state index in [4.69, 9.17) is 0 Å². The van der Waals surface area contributed by atoms with Gasteiger partial charge in [-0.1, -0.05) is 0 Å². The summed E-state index contributed by atoms with van der Waals surface area (Å²) in [6, 6.07) is 0. The van der Waals surface area contributed by atoms with E-state index in [1.165, 1.54) is 125 Å². The van der Waals surface area contributed by atoms with Crippen LogP contribution < -0.4 is 0 Å². The van der Waals surface area contributed by atoms with Crippen molar-refractivity contribution < 1.29 is 0 Å². The lowest BCUT2D eigenvalue weighted by atomic mass is 10.6. The second kappa shape index (κ2) is 25.7. The minimum atomic E-state index is 1.42. The minimum absolute atomic E-state index is 1.42. The predicted octanol–water partition coefficient (Wildman–Crippen LogP) is 7.86. The molecule has 7 heterocycles. The Labute approximate surface area is 206 Å². The first-order chi connectivity index (χ1) is 14.0. The summed E-state index contributed by atoms with van der Waals surface area (Å²) in [5.74, 6) is 19.8. The van der Waals surface area contributed by atoms with Gasteiger partial charge < -0.3 is 0 Å². The van der Waals surface area contributed by atoms with Crippen LogP contribution in [0.5, 0.6) is 0 Å². The zero-order valence-corrected chi connectivity index (χ0v) is 23.4. The molecule has 0 atom stereocenters. The van der Waals surface area contributed by atoms with Gasteiger partial charge in [-0.05, 0) is 125 Å². The number of rotatable bonds is 0. The highest BCUT2D eigenvalue weighted by Crippen LogP contribution is 2.16. The highest BCUT2D eigenvalue weighted by Gasteiger charge is 1.97. The Morgan fingerprint density at radius 2 is 0.214 bits per heavy atom. The van der Waals surface area contributed by atoms with Crippen LogP contribution in [-0.2, 0) is 0 Å². The van der Waals surface area contributed by atoms with Gasteiger partial charge in [0.25, 0.3) is 0 Å². The van der Waals surface area contributed by atoms with Gasteiger partial charge in [-0.2, -0.15) is 82.3 Å². The fraction of sp³-hybridized carbons (Fsp3) is 1.00. The van der Waals surface area contributed by atoms with Crippen LogP contribution in [0.1, 0.15) is 44.9 Å². The lowest BCUT2D eigenvalue weighted by Gasteiger charge is -2.05. The fourth-order valence-electron chi connectivity index (χ4n) is 1.01. The van der Waals surface area contributed by atoms with Crippen LogP contribution >= 0.6 is 82.3 Å². The summed E-state index contributed by atoms with van der Waals surface area (Å²) in [5.41, 5.74) is 0. The van der Waals surface area contributed by atoms with Gasteiger partial charge in [0.2, 0.25) is 0 Å². The summed E-state index contributed by atoms with van der Waals surface area (Å²) >= 11 is 14.3. The zero-order valence-electron chi connectivity index (χ0n) is 17.7. The SMILES string of the molecule is C1CSC1.C1CSC1.C1CSC1.C1CSC1.C1CSC1.C1CSC1.C1CSC1. The van der Waals surface area contributed by atoms with E-state index in [2.05, 4.69) is 0 Å². The van der Waals surface area contributed by atoms with Crippen molar-refractivity contribution in [2.45, 2.75) is 44.9 Å². The van der Waals surface area contributed by atoms with Gasteiger partial charge in [-0.15, -0.1) is 0 Å². The number of hydrogen-bond acceptors (Lipinski definition) is 7. The highest BCUT2D eigenvalue weighted by atomic mass is 32.2. The average molecular weight is 519 g/mol. The molecular formula is C21H42S7. The lowest BCUT2D eigenvalue weighted by Crippen LogP contribution is -1.94. The molecule has 0 aromatic heterocycles. The fourth-order valence-corrected chi connectivity index (χ4v) is 3.03. The second-order valence-electron chi connectivity index (χ2n) is 6.76. The van der Waals surface area contributed by atoms with Crippen molar-refractivity contribution in [2.75, 3.05) is 80.5 Å². The van der Waals surface area contributed by atoms with E-state index < -0.39 is 0 Å². The maximum atomic E-state index is 2.04. The Morgan fingerprint density at radius 1 is 0.179 bits per heavy atom. The molecule has 0 N–H and O–H groups in total. The van der Waals surface area contributed by atoms with Crippen LogP contribution in [0, 0.1) is 0 Å². The number of hydrogen-bond donors (Lipinski definition) is 0. The highest BCUT2D eigenvalue weighted by molar-refractivity contribution is 8.01. The van der Waals surface area contributed by atoms with Gasteiger partial charge in [-0.3, -0.25) is 0 Å². The molecule has 0 aliphatic carbocycles. The molecule has 0 spiro atoms. The van der Waals surface area contributed by atoms with Crippen molar-refractivity contribution in [2.24, 2.45) is 0 Å². The van der Waals surface area contributed by atoms with E-state index in [1.807, 2.05) is 82.3 Å². The first-order valence-electron chi connectivity index (χ1n) is 11.0. The first-order valence-corrected chi connectivity index (χ1v) is 19.1. The maximum absolute atomic E-state index is 2.04. The molecular weight excluding hydrogens is 477 g/mol. The third kappa shape index (κ3) is 23.1. The van der Waals surface area contributed by atoms with E-state index in [0.29, 0.717) is 0 Å². The topological polar surface area (TPSA) is 0 Å². The molecule has 7 saturated heterocycles. The van der Waals surface area contributed by atoms with Crippen LogP contribution in [0.3, 0.4) is 0 Å². The minimum Gasteiger partial charge on any atom is -0.162 e. The lowest BCUT2D eigenvalue weighted by molar-refractivity contribution is 1.06. The van der Waals surface area contributed by atoms with Crippen molar-refractivity contribution >= 4 is 82.3 Å². The quantitative estimate of drug-likeness (QED) is 0.316. The molecule has 0 bridgehead atoms. The Kier molecular flexibility index (Phi) is 26.2. The van der Waals surface area contributed by atoms with E-state index in [-0.39, 0.29) is 0 Å². The molecule has 7 rings (SSSR count). The molecule has 0 unspecified atom stereocenters. The molecule has 7 aliphatic heterocycles. The summed E-state index contributed by atoms with van der Waals surface area (Å²) in [6.45, 7) is 0. The molecule has 7 aliphatic rings. The Balaban J connectivity index is 0.000000163. The smallest absolute Gasteiger partial charge is 0.00597 e. The first kappa shape index (κ1) is 28.5. The summed E-state index contributed by atoms with van der Waals surface area (Å²) in [5, 5.41) is 0. The molecule has 0 aromatic rings. The summed E-state index contributed by atoms with van der Waals surface area (Å²) in [7, 11) is 0. The van der Waals surface area contributed by atoms with Crippen LogP contribution in [-0.4, -0.2) is 80.5 Å². The van der Waals surface area contributed by atoms with Gasteiger partial charge in [-0.25, -0.2) is 0 Å². The van der Waals surface area contributed by atoms with E-state index in [1.54, 1.807) is 0 Å². The third-order valence-corrected chi connectivity index (χ3v) is 12.1. The maximum Gasteiger partial charge on any atom is -0.00597 e. The van der Waals surface area contributed by atoms with E-state index >= 15 is 0 Å². The van der Waals surface area contributed by atoms with Crippen molar-refractivity contribution in [1.82, 2.24) is 0 Å². The van der Waals surface area contributed by atoms with Crippen molar-refractivity contribution in [1.29, 1.82) is 0 Å². The van der Waals surface area contributed by atoms with Gasteiger partial charge in [0.1, 0.15) is 0 Å². The van der Waals surface area contributed by atoms with Gasteiger partial charge >= 0.3 is 0 Å². The molecule has 28 heavy (non-hydrogen) atoms.